The van der Waals surface area contributed by atoms with Crippen LogP contribution in [-0.4, -0.2) is 19.4 Å². The van der Waals surface area contributed by atoms with E-state index in [0.717, 1.165) is 32.8 Å². The van der Waals surface area contributed by atoms with Crippen LogP contribution in [0.3, 0.4) is 0 Å². The first-order valence-electron chi connectivity index (χ1n) is 7.02. The number of isothiocyanates is 1. The van der Waals surface area contributed by atoms with Gasteiger partial charge in [-0.25, -0.2) is 0 Å². The van der Waals surface area contributed by atoms with Gasteiger partial charge in [0.1, 0.15) is 11.5 Å². The molecule has 0 bridgehead atoms. The number of aryl methyl sites for hydroxylation is 1. The fourth-order valence-electron chi connectivity index (χ4n) is 2.64. The molecule has 5 heteroatoms. The molecule has 1 heterocycles. The molecule has 116 valence electrons. The lowest BCUT2D eigenvalue weighted by atomic mass is 10.1. The van der Waals surface area contributed by atoms with Crippen molar-refractivity contribution < 1.29 is 9.47 Å². The largest absolute Gasteiger partial charge is 0.496 e. The van der Waals surface area contributed by atoms with E-state index in [1.165, 1.54) is 10.4 Å². The topological polar surface area (TPSA) is 30.8 Å². The van der Waals surface area contributed by atoms with Gasteiger partial charge in [0, 0.05) is 10.3 Å². The number of nitrogens with zero attached hydrogens (tertiary/aromatic N) is 1. The molecular weight excluding hydrogens is 326 g/mol. The Morgan fingerprint density at radius 3 is 2.26 bits per heavy atom. The summed E-state index contributed by atoms with van der Waals surface area (Å²) >= 11 is 6.34. The first kappa shape index (κ1) is 15.7. The number of thiophene rings is 1. The van der Waals surface area contributed by atoms with Crippen LogP contribution in [0.5, 0.6) is 11.5 Å². The molecule has 2 aromatic carbocycles. The molecule has 0 saturated carbocycles. The Bertz CT molecular complexity index is 907. The Labute approximate surface area is 144 Å². The van der Waals surface area contributed by atoms with Gasteiger partial charge in [-0.3, -0.25) is 0 Å². The standard InChI is InChI=1S/C18H15NO2S2/c1-11-16-14(20-2)8-9-15(21-3)18(16)23-17(11)12-4-6-13(7-5-12)19-10-22/h4-9H,1-3H3. The van der Waals surface area contributed by atoms with Gasteiger partial charge in [-0.15, -0.1) is 11.3 Å². The van der Waals surface area contributed by atoms with E-state index < -0.39 is 0 Å². The fraction of sp³-hybridized carbons (Fsp3) is 0.167. The highest BCUT2D eigenvalue weighted by Gasteiger charge is 2.17. The van der Waals surface area contributed by atoms with E-state index in [9.17, 15) is 0 Å². The summed E-state index contributed by atoms with van der Waals surface area (Å²) in [6.45, 7) is 2.11. The van der Waals surface area contributed by atoms with Crippen LogP contribution in [0.1, 0.15) is 5.56 Å². The molecule has 23 heavy (non-hydrogen) atoms. The molecule has 0 N–H and O–H groups in total. The second-order valence-electron chi connectivity index (χ2n) is 4.98. The van der Waals surface area contributed by atoms with E-state index in [2.05, 4.69) is 29.3 Å². The normalized spacial score (nSPS) is 10.4. The van der Waals surface area contributed by atoms with Gasteiger partial charge < -0.3 is 9.47 Å². The molecular formula is C18H15NO2S2. The Kier molecular flexibility index (Phi) is 4.44. The van der Waals surface area contributed by atoms with Crippen LogP contribution >= 0.6 is 23.6 Å². The Morgan fingerprint density at radius 2 is 1.65 bits per heavy atom. The first-order chi connectivity index (χ1) is 11.2. The number of aliphatic imine (C=N–C) groups is 1. The van der Waals surface area contributed by atoms with Crippen molar-refractivity contribution in [3.63, 3.8) is 0 Å². The number of hydrogen-bond acceptors (Lipinski definition) is 5. The monoisotopic (exact) mass is 341 g/mol. The van der Waals surface area contributed by atoms with Crippen LogP contribution in [0.25, 0.3) is 20.5 Å². The number of rotatable bonds is 4. The fourth-order valence-corrected chi connectivity index (χ4v) is 4.07. The maximum Gasteiger partial charge on any atom is 0.136 e. The lowest BCUT2D eigenvalue weighted by molar-refractivity contribution is 0.411. The van der Waals surface area contributed by atoms with Gasteiger partial charge in [0.05, 0.1) is 29.8 Å². The molecule has 3 nitrogen and oxygen atoms in total. The molecule has 3 rings (SSSR count). The zero-order valence-corrected chi connectivity index (χ0v) is 14.7. The van der Waals surface area contributed by atoms with Crippen molar-refractivity contribution in [1.82, 2.24) is 0 Å². The van der Waals surface area contributed by atoms with Crippen molar-refractivity contribution >= 4 is 44.5 Å². The van der Waals surface area contributed by atoms with Crippen molar-refractivity contribution in [3.8, 4) is 21.9 Å². The smallest absolute Gasteiger partial charge is 0.136 e. The molecule has 0 aliphatic rings. The SMILES string of the molecule is COc1ccc(OC)c2c(C)c(-c3ccc(N=C=S)cc3)sc12. The van der Waals surface area contributed by atoms with Crippen molar-refractivity contribution in [2.75, 3.05) is 14.2 Å². The Morgan fingerprint density at radius 1 is 1.00 bits per heavy atom. The minimum absolute atomic E-state index is 0.803. The zero-order chi connectivity index (χ0) is 16.4. The van der Waals surface area contributed by atoms with E-state index in [4.69, 9.17) is 9.47 Å². The predicted molar refractivity (Wildman–Crippen MR) is 99.8 cm³/mol. The van der Waals surface area contributed by atoms with E-state index in [1.54, 1.807) is 25.6 Å². The van der Waals surface area contributed by atoms with Crippen LogP contribution in [0.2, 0.25) is 0 Å². The lowest BCUT2D eigenvalue weighted by Gasteiger charge is -2.06. The number of methoxy groups -OCH3 is 2. The molecule has 0 unspecified atom stereocenters. The summed E-state index contributed by atoms with van der Waals surface area (Å²) < 4.78 is 12.1. The number of hydrogen-bond donors (Lipinski definition) is 0. The summed E-state index contributed by atoms with van der Waals surface area (Å²) in [5.41, 5.74) is 3.13. The quantitative estimate of drug-likeness (QED) is 0.455. The molecule has 0 aliphatic carbocycles. The maximum absolute atomic E-state index is 5.52. The Hall–Kier alpha value is -2.20. The van der Waals surface area contributed by atoms with E-state index in [-0.39, 0.29) is 0 Å². The molecule has 0 aliphatic heterocycles. The average molecular weight is 341 g/mol. The van der Waals surface area contributed by atoms with Crippen molar-refractivity contribution in [3.05, 3.63) is 42.0 Å². The molecule has 0 amide bonds. The number of fused-ring (bicyclic) bond motifs is 1. The third-order valence-corrected chi connectivity index (χ3v) is 5.19. The van der Waals surface area contributed by atoms with Crippen LogP contribution < -0.4 is 9.47 Å². The van der Waals surface area contributed by atoms with Gasteiger partial charge in [0.25, 0.3) is 0 Å². The highest BCUT2D eigenvalue weighted by molar-refractivity contribution is 7.78. The molecule has 0 saturated heterocycles. The van der Waals surface area contributed by atoms with Gasteiger partial charge in [-0.2, -0.15) is 4.99 Å². The highest BCUT2D eigenvalue weighted by Crippen LogP contribution is 2.46. The highest BCUT2D eigenvalue weighted by atomic mass is 32.1. The molecule has 0 atom stereocenters. The molecule has 3 aromatic rings. The summed E-state index contributed by atoms with van der Waals surface area (Å²) in [6.07, 6.45) is 0. The van der Waals surface area contributed by atoms with Gasteiger partial charge >= 0.3 is 0 Å². The van der Waals surface area contributed by atoms with Crippen LogP contribution in [0.15, 0.2) is 41.4 Å². The van der Waals surface area contributed by atoms with Crippen molar-refractivity contribution in [2.45, 2.75) is 6.92 Å². The summed E-state index contributed by atoms with van der Waals surface area (Å²) in [5, 5.41) is 3.49. The lowest BCUT2D eigenvalue weighted by Crippen LogP contribution is -1.87. The molecule has 0 fully saturated rings. The summed E-state index contributed by atoms with van der Waals surface area (Å²) in [7, 11) is 3.38. The molecule has 0 spiro atoms. The molecule has 0 radical (unpaired) electrons. The average Bonchev–Trinajstić information content (AvgIpc) is 2.93. The predicted octanol–water partition coefficient (Wildman–Crippen LogP) is 5.63. The minimum atomic E-state index is 0.803. The van der Waals surface area contributed by atoms with E-state index in [0.29, 0.717) is 0 Å². The summed E-state index contributed by atoms with van der Waals surface area (Å²) in [5.74, 6) is 1.73. The second kappa shape index (κ2) is 6.50. The van der Waals surface area contributed by atoms with E-state index >= 15 is 0 Å². The van der Waals surface area contributed by atoms with Crippen molar-refractivity contribution in [1.29, 1.82) is 0 Å². The summed E-state index contributed by atoms with van der Waals surface area (Å²) in [4.78, 5) is 5.18. The van der Waals surface area contributed by atoms with Gasteiger partial charge in [0.2, 0.25) is 0 Å². The van der Waals surface area contributed by atoms with Crippen LogP contribution in [0.4, 0.5) is 5.69 Å². The van der Waals surface area contributed by atoms with Crippen LogP contribution in [-0.2, 0) is 0 Å². The third kappa shape index (κ3) is 2.75. The van der Waals surface area contributed by atoms with E-state index in [1.807, 2.05) is 36.4 Å². The first-order valence-corrected chi connectivity index (χ1v) is 8.24. The maximum atomic E-state index is 5.52. The van der Waals surface area contributed by atoms with Gasteiger partial charge in [-0.1, -0.05) is 12.1 Å². The minimum Gasteiger partial charge on any atom is -0.496 e. The number of thiocarbonyl (C=S) groups is 1. The number of benzene rings is 2. The third-order valence-electron chi connectivity index (χ3n) is 3.75. The summed E-state index contributed by atoms with van der Waals surface area (Å²) in [6, 6.07) is 11.9. The van der Waals surface area contributed by atoms with Gasteiger partial charge in [-0.05, 0) is 54.5 Å². The molecule has 1 aromatic heterocycles. The Balaban J connectivity index is 2.22. The van der Waals surface area contributed by atoms with Crippen LogP contribution in [0, 0.1) is 6.92 Å². The zero-order valence-electron chi connectivity index (χ0n) is 13.0. The van der Waals surface area contributed by atoms with Crippen molar-refractivity contribution in [2.24, 2.45) is 4.99 Å². The number of ether oxygens (including phenoxy) is 2. The second-order valence-corrected chi connectivity index (χ2v) is 6.18. The van der Waals surface area contributed by atoms with Gasteiger partial charge in [0.15, 0.2) is 0 Å².